The number of aliphatic hydroxyl groups excluding tert-OH is 2. The molecule has 0 spiro atoms. The van der Waals surface area contributed by atoms with Crippen molar-refractivity contribution in [1.82, 2.24) is 5.32 Å². The standard InChI is InChI=1S/C70H139NO5/c1-3-5-7-9-11-13-15-38-42-46-50-54-58-62-68(73)67(66-72)71-69(74)63-59-55-51-47-43-40-36-34-32-30-28-26-24-22-20-18-17-19-21-23-25-27-29-31-33-35-37-41-45-49-53-57-61-65-76-70(75)64-60-56-52-48-44-39-16-14-12-10-8-6-4-2/h67-68,72-73H,3-66H2,1-2H3,(H,71,74). The van der Waals surface area contributed by atoms with E-state index in [1.165, 1.54) is 340 Å². The van der Waals surface area contributed by atoms with Crippen molar-refractivity contribution in [3.05, 3.63) is 0 Å². The lowest BCUT2D eigenvalue weighted by Gasteiger charge is -2.22. The van der Waals surface area contributed by atoms with Crippen LogP contribution in [0.3, 0.4) is 0 Å². The van der Waals surface area contributed by atoms with Gasteiger partial charge in [-0.3, -0.25) is 9.59 Å². The Morgan fingerprint density at radius 3 is 0.803 bits per heavy atom. The molecule has 3 N–H and O–H groups in total. The van der Waals surface area contributed by atoms with E-state index in [1.54, 1.807) is 0 Å². The van der Waals surface area contributed by atoms with Crippen molar-refractivity contribution < 1.29 is 24.5 Å². The number of carbonyl (C=O) groups excluding carboxylic acids is 2. The summed E-state index contributed by atoms with van der Waals surface area (Å²) >= 11 is 0. The first-order valence-corrected chi connectivity index (χ1v) is 35.3. The van der Waals surface area contributed by atoms with Crippen molar-refractivity contribution in [2.75, 3.05) is 13.2 Å². The number of unbranched alkanes of at least 4 members (excludes halogenated alkanes) is 56. The smallest absolute Gasteiger partial charge is 0.305 e. The van der Waals surface area contributed by atoms with Gasteiger partial charge in [-0.25, -0.2) is 0 Å². The van der Waals surface area contributed by atoms with Gasteiger partial charge in [0.1, 0.15) is 0 Å². The van der Waals surface area contributed by atoms with Crippen molar-refractivity contribution in [2.45, 2.75) is 424 Å². The van der Waals surface area contributed by atoms with Crippen molar-refractivity contribution in [1.29, 1.82) is 0 Å². The van der Waals surface area contributed by atoms with Crippen molar-refractivity contribution in [3.8, 4) is 0 Å². The average Bonchev–Trinajstić information content (AvgIpc) is 3.42. The van der Waals surface area contributed by atoms with Crippen LogP contribution in [0.4, 0.5) is 0 Å². The molecule has 0 rings (SSSR count). The summed E-state index contributed by atoms with van der Waals surface area (Å²) in [5, 5.41) is 23.3. The van der Waals surface area contributed by atoms with Gasteiger partial charge in [0.2, 0.25) is 5.91 Å². The molecule has 2 atom stereocenters. The molecular weight excluding hydrogens is 935 g/mol. The van der Waals surface area contributed by atoms with Crippen LogP contribution in [0.1, 0.15) is 412 Å². The number of esters is 1. The van der Waals surface area contributed by atoms with Gasteiger partial charge in [-0.1, -0.05) is 373 Å². The van der Waals surface area contributed by atoms with Crippen LogP contribution in [0.15, 0.2) is 0 Å². The molecule has 0 aromatic rings. The summed E-state index contributed by atoms with van der Waals surface area (Å²) in [5.74, 6) is -0.00305. The monoisotopic (exact) mass is 1070 g/mol. The van der Waals surface area contributed by atoms with Gasteiger partial charge in [0, 0.05) is 12.8 Å². The third-order valence-corrected chi connectivity index (χ3v) is 16.9. The number of hydrogen-bond donors (Lipinski definition) is 3. The number of ether oxygens (including phenoxy) is 1. The first-order valence-electron chi connectivity index (χ1n) is 35.3. The lowest BCUT2D eigenvalue weighted by molar-refractivity contribution is -0.143. The molecule has 0 aliphatic carbocycles. The molecule has 0 saturated carbocycles. The van der Waals surface area contributed by atoms with Gasteiger partial charge < -0.3 is 20.3 Å². The average molecular weight is 1070 g/mol. The summed E-state index contributed by atoms with van der Waals surface area (Å²) in [4.78, 5) is 24.5. The molecule has 0 aliphatic heterocycles. The van der Waals surface area contributed by atoms with Gasteiger partial charge in [0.25, 0.3) is 0 Å². The first kappa shape index (κ1) is 74.9. The van der Waals surface area contributed by atoms with Gasteiger partial charge in [0.15, 0.2) is 0 Å². The Balaban J connectivity index is 3.29. The van der Waals surface area contributed by atoms with Crippen molar-refractivity contribution >= 4 is 11.9 Å². The van der Waals surface area contributed by atoms with Crippen LogP contribution in [0.25, 0.3) is 0 Å². The third kappa shape index (κ3) is 62.1. The van der Waals surface area contributed by atoms with Crippen LogP contribution in [0.5, 0.6) is 0 Å². The molecule has 0 aliphatic rings. The SMILES string of the molecule is CCCCCCCCCCCCCCCC(=O)OCCCCCCCCCCCCCCCCCCCCCCCCCCCCCCCCCCCC(=O)NC(CO)C(O)CCCCCCCCCCCCCCC. The fourth-order valence-corrected chi connectivity index (χ4v) is 11.5. The second-order valence-corrected chi connectivity index (χ2v) is 24.6. The second-order valence-electron chi connectivity index (χ2n) is 24.6. The van der Waals surface area contributed by atoms with Crippen molar-refractivity contribution in [2.24, 2.45) is 0 Å². The molecule has 0 aromatic heterocycles. The van der Waals surface area contributed by atoms with E-state index >= 15 is 0 Å². The molecule has 6 heteroatoms. The van der Waals surface area contributed by atoms with E-state index < -0.39 is 12.1 Å². The zero-order valence-corrected chi connectivity index (χ0v) is 52.0. The van der Waals surface area contributed by atoms with E-state index in [1.807, 2.05) is 0 Å². The van der Waals surface area contributed by atoms with Gasteiger partial charge in [-0.15, -0.1) is 0 Å². The van der Waals surface area contributed by atoms with Crippen molar-refractivity contribution in [3.63, 3.8) is 0 Å². The van der Waals surface area contributed by atoms with Crippen LogP contribution < -0.4 is 5.32 Å². The van der Waals surface area contributed by atoms with Gasteiger partial charge in [-0.2, -0.15) is 0 Å². The topological polar surface area (TPSA) is 95.9 Å². The fourth-order valence-electron chi connectivity index (χ4n) is 11.5. The highest BCUT2D eigenvalue weighted by molar-refractivity contribution is 5.76. The van der Waals surface area contributed by atoms with E-state index in [-0.39, 0.29) is 18.5 Å². The molecule has 454 valence electrons. The Morgan fingerprint density at radius 1 is 0.316 bits per heavy atom. The third-order valence-electron chi connectivity index (χ3n) is 16.9. The van der Waals surface area contributed by atoms with Gasteiger partial charge in [-0.05, 0) is 25.7 Å². The van der Waals surface area contributed by atoms with E-state index in [4.69, 9.17) is 4.74 Å². The Bertz CT molecular complexity index is 1100. The quantitative estimate of drug-likeness (QED) is 0.0417. The largest absolute Gasteiger partial charge is 0.466 e. The molecular formula is C70H139NO5. The number of rotatable bonds is 67. The van der Waals surface area contributed by atoms with Gasteiger partial charge >= 0.3 is 5.97 Å². The number of amides is 1. The minimum absolute atomic E-state index is 0.0243. The maximum atomic E-state index is 12.5. The van der Waals surface area contributed by atoms with Crippen LogP contribution in [0.2, 0.25) is 0 Å². The highest BCUT2D eigenvalue weighted by Crippen LogP contribution is 2.20. The summed E-state index contributed by atoms with van der Waals surface area (Å²) < 4.78 is 5.49. The summed E-state index contributed by atoms with van der Waals surface area (Å²) in [6.45, 7) is 4.99. The molecule has 0 saturated heterocycles. The molecule has 6 nitrogen and oxygen atoms in total. The molecule has 1 amide bonds. The second kappa shape index (κ2) is 66.4. The highest BCUT2D eigenvalue weighted by atomic mass is 16.5. The summed E-state index contributed by atoms with van der Waals surface area (Å²) in [5.41, 5.74) is 0. The van der Waals surface area contributed by atoms with Crippen LogP contribution in [-0.2, 0) is 14.3 Å². The minimum atomic E-state index is -0.659. The molecule has 76 heavy (non-hydrogen) atoms. The molecule has 0 fully saturated rings. The fraction of sp³-hybridized carbons (Fsp3) is 0.971. The summed E-state index contributed by atoms with van der Waals surface area (Å²) in [7, 11) is 0. The highest BCUT2D eigenvalue weighted by Gasteiger charge is 2.20. The normalized spacial score (nSPS) is 12.4. The first-order chi connectivity index (χ1) is 37.5. The van der Waals surface area contributed by atoms with Crippen LogP contribution in [-0.4, -0.2) is 47.4 Å². The van der Waals surface area contributed by atoms with Gasteiger partial charge in [0.05, 0.1) is 25.4 Å². The Morgan fingerprint density at radius 2 is 0.539 bits per heavy atom. The lowest BCUT2D eigenvalue weighted by Crippen LogP contribution is -2.45. The van der Waals surface area contributed by atoms with E-state index in [9.17, 15) is 19.8 Å². The number of hydrogen-bond acceptors (Lipinski definition) is 5. The van der Waals surface area contributed by atoms with Crippen LogP contribution in [0, 0.1) is 0 Å². The van der Waals surface area contributed by atoms with E-state index in [0.717, 1.165) is 38.5 Å². The van der Waals surface area contributed by atoms with Crippen LogP contribution >= 0.6 is 0 Å². The Kier molecular flexibility index (Phi) is 65.4. The predicted octanol–water partition coefficient (Wildman–Crippen LogP) is 22.6. The molecule has 2 unspecified atom stereocenters. The Labute approximate surface area is 476 Å². The molecule has 0 heterocycles. The zero-order chi connectivity index (χ0) is 55.0. The zero-order valence-electron chi connectivity index (χ0n) is 52.0. The van der Waals surface area contributed by atoms with E-state index in [2.05, 4.69) is 19.2 Å². The maximum absolute atomic E-state index is 12.5. The summed E-state index contributed by atoms with van der Waals surface area (Å²) in [6, 6.07) is -0.536. The Hall–Kier alpha value is -1.14. The maximum Gasteiger partial charge on any atom is 0.305 e. The number of nitrogens with one attached hydrogen (secondary N) is 1. The predicted molar refractivity (Wildman–Crippen MR) is 334 cm³/mol. The minimum Gasteiger partial charge on any atom is -0.466 e. The summed E-state index contributed by atoms with van der Waals surface area (Å²) in [6.07, 6.45) is 80.2. The lowest BCUT2D eigenvalue weighted by atomic mass is 10.0. The number of aliphatic hydroxyl groups is 2. The molecule has 0 aromatic carbocycles. The molecule has 0 bridgehead atoms. The number of carbonyl (C=O) groups is 2. The van der Waals surface area contributed by atoms with E-state index in [0.29, 0.717) is 25.9 Å². The molecule has 0 radical (unpaired) electrons.